The van der Waals surface area contributed by atoms with Gasteiger partial charge in [0.25, 0.3) is 5.69 Å². The smallest absolute Gasteiger partial charge is 0.289 e. The normalized spacial score (nSPS) is 10.6. The second-order valence-electron chi connectivity index (χ2n) is 5.44. The van der Waals surface area contributed by atoms with Crippen molar-refractivity contribution in [3.05, 3.63) is 63.5 Å². The molecule has 0 saturated carbocycles. The molecular weight excluding hydrogens is 422 g/mol. The van der Waals surface area contributed by atoms with Crippen LogP contribution in [0.3, 0.4) is 0 Å². The lowest BCUT2D eigenvalue weighted by atomic mass is 10.3. The molecule has 0 atom stereocenters. The molecule has 0 saturated heterocycles. The number of anilines is 1. The zero-order chi connectivity index (χ0) is 20.1. The first-order valence-electron chi connectivity index (χ1n) is 7.94. The summed E-state index contributed by atoms with van der Waals surface area (Å²) in [5.41, 5.74) is 0.0342. The number of hydrogen-bond donors (Lipinski definition) is 1. The van der Waals surface area contributed by atoms with Crippen molar-refractivity contribution in [2.45, 2.75) is 11.7 Å². The van der Waals surface area contributed by atoms with E-state index in [1.165, 1.54) is 30.0 Å². The van der Waals surface area contributed by atoms with Gasteiger partial charge in [-0.3, -0.25) is 19.5 Å². The molecular formula is C17H14ClN5O3S2. The molecule has 0 aliphatic heterocycles. The van der Waals surface area contributed by atoms with Crippen molar-refractivity contribution in [2.75, 3.05) is 11.1 Å². The minimum atomic E-state index is -0.601. The first-order valence-corrected chi connectivity index (χ1v) is 10.2. The lowest BCUT2D eigenvalue weighted by molar-refractivity contribution is -0.384. The average Bonchev–Trinajstić information content (AvgIpc) is 3.31. The number of halogens is 1. The highest BCUT2D eigenvalue weighted by Crippen LogP contribution is 2.29. The van der Waals surface area contributed by atoms with E-state index in [1.807, 2.05) is 22.1 Å². The molecule has 0 radical (unpaired) electrons. The summed E-state index contributed by atoms with van der Waals surface area (Å²) in [6, 6.07) is 7.98. The number of rotatable bonds is 8. The maximum Gasteiger partial charge on any atom is 0.289 e. The van der Waals surface area contributed by atoms with Crippen molar-refractivity contribution in [3.8, 4) is 10.7 Å². The maximum atomic E-state index is 12.2. The number of carbonyl (C=O) groups is 1. The topological polar surface area (TPSA) is 103 Å². The van der Waals surface area contributed by atoms with Crippen LogP contribution < -0.4 is 5.32 Å². The standard InChI is InChI=1S/C17H14ClN5O3S2/c1-2-7-22-16(14-4-3-8-27-14)20-21-17(22)28-10-15(24)19-11-5-6-12(18)13(9-11)23(25)26/h2-6,8-9H,1,7,10H2,(H,19,24). The van der Waals surface area contributed by atoms with Gasteiger partial charge in [-0.15, -0.1) is 28.1 Å². The Kier molecular flexibility index (Phi) is 6.45. The summed E-state index contributed by atoms with van der Waals surface area (Å²) in [5.74, 6) is 0.453. The van der Waals surface area contributed by atoms with Gasteiger partial charge in [0.05, 0.1) is 15.6 Å². The Labute approximate surface area is 173 Å². The number of benzene rings is 1. The predicted octanol–water partition coefficient (Wildman–Crippen LogP) is 4.49. The van der Waals surface area contributed by atoms with Gasteiger partial charge in [0.1, 0.15) is 5.02 Å². The molecule has 28 heavy (non-hydrogen) atoms. The Bertz CT molecular complexity index is 1020. The van der Waals surface area contributed by atoms with Gasteiger partial charge in [-0.1, -0.05) is 35.5 Å². The molecule has 0 unspecified atom stereocenters. The summed E-state index contributed by atoms with van der Waals surface area (Å²) in [6.45, 7) is 4.26. The molecule has 1 aromatic carbocycles. The Morgan fingerprint density at radius 2 is 2.25 bits per heavy atom. The van der Waals surface area contributed by atoms with E-state index in [4.69, 9.17) is 11.6 Å². The Hall–Kier alpha value is -2.69. The summed E-state index contributed by atoms with van der Waals surface area (Å²) < 4.78 is 1.88. The van der Waals surface area contributed by atoms with Crippen LogP contribution in [-0.2, 0) is 11.3 Å². The SMILES string of the molecule is C=CCn1c(SCC(=O)Nc2ccc(Cl)c([N+](=O)[O-])c2)nnc1-c1cccs1. The number of nitrogens with zero attached hydrogens (tertiary/aromatic N) is 4. The number of allylic oxidation sites excluding steroid dienone is 1. The monoisotopic (exact) mass is 435 g/mol. The van der Waals surface area contributed by atoms with Crippen LogP contribution in [0.25, 0.3) is 10.7 Å². The van der Waals surface area contributed by atoms with E-state index in [2.05, 4.69) is 22.1 Å². The van der Waals surface area contributed by atoms with E-state index in [0.717, 1.165) is 4.88 Å². The van der Waals surface area contributed by atoms with Crippen molar-refractivity contribution in [1.82, 2.24) is 14.8 Å². The van der Waals surface area contributed by atoms with Gasteiger partial charge in [-0.05, 0) is 23.6 Å². The number of hydrogen-bond acceptors (Lipinski definition) is 7. The molecule has 11 heteroatoms. The Balaban J connectivity index is 1.69. The summed E-state index contributed by atoms with van der Waals surface area (Å²) in [6.07, 6.45) is 1.73. The first kappa shape index (κ1) is 20.1. The highest BCUT2D eigenvalue weighted by Gasteiger charge is 2.17. The van der Waals surface area contributed by atoms with Crippen LogP contribution in [0.15, 0.2) is 53.5 Å². The van der Waals surface area contributed by atoms with Gasteiger partial charge >= 0.3 is 0 Å². The second kappa shape index (κ2) is 9.00. The van der Waals surface area contributed by atoms with Crippen LogP contribution in [0, 0.1) is 10.1 Å². The number of nitro benzene ring substituents is 1. The van der Waals surface area contributed by atoms with Gasteiger partial charge < -0.3 is 5.32 Å². The third kappa shape index (κ3) is 4.58. The number of aromatic nitrogens is 3. The Morgan fingerprint density at radius 1 is 1.43 bits per heavy atom. The maximum absolute atomic E-state index is 12.2. The molecule has 1 amide bonds. The Morgan fingerprint density at radius 3 is 2.93 bits per heavy atom. The van der Waals surface area contributed by atoms with E-state index in [0.29, 0.717) is 23.2 Å². The van der Waals surface area contributed by atoms with Crippen molar-refractivity contribution < 1.29 is 9.72 Å². The lowest BCUT2D eigenvalue weighted by Gasteiger charge is -2.07. The minimum absolute atomic E-state index is 0.0102. The zero-order valence-electron chi connectivity index (χ0n) is 14.4. The quantitative estimate of drug-likeness (QED) is 0.242. The molecule has 0 fully saturated rings. The fraction of sp³-hybridized carbons (Fsp3) is 0.118. The number of carbonyl (C=O) groups excluding carboxylic acids is 1. The molecule has 144 valence electrons. The third-order valence-electron chi connectivity index (χ3n) is 3.53. The summed E-state index contributed by atoms with van der Waals surface area (Å²) in [7, 11) is 0. The predicted molar refractivity (Wildman–Crippen MR) is 111 cm³/mol. The van der Waals surface area contributed by atoms with Crippen LogP contribution in [0.1, 0.15) is 0 Å². The molecule has 2 heterocycles. The fourth-order valence-corrected chi connectivity index (χ4v) is 3.99. The molecule has 1 N–H and O–H groups in total. The van der Waals surface area contributed by atoms with Crippen LogP contribution in [0.5, 0.6) is 0 Å². The van der Waals surface area contributed by atoms with Crippen LogP contribution in [0.4, 0.5) is 11.4 Å². The summed E-state index contributed by atoms with van der Waals surface area (Å²) in [5, 5.41) is 24.5. The third-order valence-corrected chi connectivity index (χ3v) is 5.68. The molecule has 0 bridgehead atoms. The molecule has 2 aromatic heterocycles. The van der Waals surface area contributed by atoms with Gasteiger partial charge in [-0.2, -0.15) is 0 Å². The van der Waals surface area contributed by atoms with E-state index in [-0.39, 0.29) is 22.4 Å². The van der Waals surface area contributed by atoms with Crippen molar-refractivity contribution in [3.63, 3.8) is 0 Å². The largest absolute Gasteiger partial charge is 0.325 e. The number of nitro groups is 1. The van der Waals surface area contributed by atoms with Crippen molar-refractivity contribution >= 4 is 52.0 Å². The van der Waals surface area contributed by atoms with Crippen molar-refractivity contribution in [2.24, 2.45) is 0 Å². The number of amides is 1. The van der Waals surface area contributed by atoms with Crippen molar-refractivity contribution in [1.29, 1.82) is 0 Å². The van der Waals surface area contributed by atoms with Gasteiger partial charge in [0.15, 0.2) is 11.0 Å². The molecule has 0 aliphatic carbocycles. The van der Waals surface area contributed by atoms with Gasteiger partial charge in [-0.25, -0.2) is 0 Å². The van der Waals surface area contributed by atoms with Gasteiger partial charge in [0, 0.05) is 18.3 Å². The summed E-state index contributed by atoms with van der Waals surface area (Å²) in [4.78, 5) is 23.6. The number of nitrogens with one attached hydrogen (secondary N) is 1. The van der Waals surface area contributed by atoms with E-state index in [9.17, 15) is 14.9 Å². The molecule has 0 aliphatic rings. The second-order valence-corrected chi connectivity index (χ2v) is 7.74. The highest BCUT2D eigenvalue weighted by atomic mass is 35.5. The number of thioether (sulfide) groups is 1. The molecule has 3 rings (SSSR count). The van der Waals surface area contributed by atoms with Crippen LogP contribution in [-0.4, -0.2) is 31.3 Å². The zero-order valence-corrected chi connectivity index (χ0v) is 16.8. The minimum Gasteiger partial charge on any atom is -0.325 e. The number of thiophene rings is 1. The van der Waals surface area contributed by atoms with Crippen LogP contribution >= 0.6 is 34.7 Å². The fourth-order valence-electron chi connectivity index (χ4n) is 2.33. The first-order chi connectivity index (χ1) is 13.5. The lowest BCUT2D eigenvalue weighted by Crippen LogP contribution is -2.14. The average molecular weight is 436 g/mol. The van der Waals surface area contributed by atoms with Crippen LogP contribution in [0.2, 0.25) is 5.02 Å². The van der Waals surface area contributed by atoms with E-state index < -0.39 is 4.92 Å². The van der Waals surface area contributed by atoms with E-state index in [1.54, 1.807) is 17.4 Å². The molecule has 3 aromatic rings. The highest BCUT2D eigenvalue weighted by molar-refractivity contribution is 7.99. The van der Waals surface area contributed by atoms with Gasteiger partial charge in [0.2, 0.25) is 5.91 Å². The summed E-state index contributed by atoms with van der Waals surface area (Å²) >= 11 is 8.55. The molecule has 0 spiro atoms. The molecule has 8 nitrogen and oxygen atoms in total. The van der Waals surface area contributed by atoms with E-state index >= 15 is 0 Å².